The van der Waals surface area contributed by atoms with Crippen LogP contribution in [0.1, 0.15) is 17.0 Å². The molecule has 1 aliphatic rings. The van der Waals surface area contributed by atoms with Crippen LogP contribution in [0.5, 0.6) is 11.8 Å². The molecular weight excluding hydrogens is 376 g/mol. The van der Waals surface area contributed by atoms with Crippen molar-refractivity contribution in [3.8, 4) is 11.8 Å². The molecule has 1 aliphatic heterocycles. The number of piperazine rings is 1. The van der Waals surface area contributed by atoms with Crippen LogP contribution in [0.25, 0.3) is 0 Å². The Hall–Kier alpha value is -2.85. The number of methoxy groups -OCH3 is 2. The largest absolute Gasteiger partial charge is 0.479 e. The van der Waals surface area contributed by atoms with E-state index in [9.17, 15) is 4.79 Å². The smallest absolute Gasteiger partial charge is 0.291 e. The van der Waals surface area contributed by atoms with E-state index in [1.807, 2.05) is 0 Å². The highest BCUT2D eigenvalue weighted by atomic mass is 16.5. The van der Waals surface area contributed by atoms with Gasteiger partial charge in [-0.25, -0.2) is 0 Å². The monoisotopic (exact) mass is 404 g/mol. The molecular formula is C19H28N6O4. The van der Waals surface area contributed by atoms with Crippen LogP contribution in [-0.2, 0) is 0 Å². The van der Waals surface area contributed by atoms with Gasteiger partial charge in [-0.2, -0.15) is 9.97 Å². The number of anilines is 2. The minimum atomic E-state index is -0.442. The summed E-state index contributed by atoms with van der Waals surface area (Å²) < 4.78 is 15.8. The van der Waals surface area contributed by atoms with Crippen molar-refractivity contribution >= 4 is 17.5 Å². The highest BCUT2D eigenvalue weighted by molar-refractivity contribution is 6.03. The first-order chi connectivity index (χ1) is 14.1. The van der Waals surface area contributed by atoms with Gasteiger partial charge in [0.25, 0.3) is 5.91 Å². The van der Waals surface area contributed by atoms with E-state index < -0.39 is 5.91 Å². The summed E-state index contributed by atoms with van der Waals surface area (Å²) in [7, 11) is 5.10. The summed E-state index contributed by atoms with van der Waals surface area (Å²) >= 11 is 0. The van der Waals surface area contributed by atoms with Crippen LogP contribution in [0.15, 0.2) is 22.8 Å². The highest BCUT2D eigenvalue weighted by Gasteiger charge is 2.20. The second-order valence-electron chi connectivity index (χ2n) is 6.80. The summed E-state index contributed by atoms with van der Waals surface area (Å²) in [5.41, 5.74) is 0.249. The molecule has 0 aromatic carbocycles. The van der Waals surface area contributed by atoms with Gasteiger partial charge in [0, 0.05) is 32.7 Å². The van der Waals surface area contributed by atoms with Crippen molar-refractivity contribution in [3.63, 3.8) is 0 Å². The number of hydrogen-bond acceptors (Lipinski definition) is 9. The van der Waals surface area contributed by atoms with Crippen molar-refractivity contribution in [2.75, 3.05) is 71.2 Å². The van der Waals surface area contributed by atoms with Gasteiger partial charge in [0.05, 0.1) is 20.5 Å². The molecule has 0 saturated carbocycles. The molecule has 3 rings (SSSR count). The number of nitrogens with zero attached hydrogens (tertiary/aromatic N) is 4. The number of nitrogens with one attached hydrogen (secondary N) is 2. The molecule has 0 aliphatic carbocycles. The van der Waals surface area contributed by atoms with Gasteiger partial charge in [-0.15, -0.1) is 0 Å². The molecule has 2 aromatic rings. The lowest BCUT2D eigenvalue weighted by atomic mass is 10.3. The number of ether oxygens (including phenoxy) is 2. The Morgan fingerprint density at radius 2 is 1.86 bits per heavy atom. The van der Waals surface area contributed by atoms with Crippen molar-refractivity contribution in [1.29, 1.82) is 0 Å². The molecule has 0 unspecified atom stereocenters. The van der Waals surface area contributed by atoms with Crippen LogP contribution in [-0.4, -0.2) is 86.2 Å². The number of furan rings is 1. The molecule has 158 valence electrons. The summed E-state index contributed by atoms with van der Waals surface area (Å²) in [5.74, 6) is 0.521. The molecule has 1 fully saturated rings. The lowest BCUT2D eigenvalue weighted by Gasteiger charge is -2.32. The number of rotatable bonds is 9. The van der Waals surface area contributed by atoms with Gasteiger partial charge >= 0.3 is 0 Å². The van der Waals surface area contributed by atoms with Gasteiger partial charge in [-0.1, -0.05) is 0 Å². The SMILES string of the molecule is COc1nc(NCCCN2CCN(C)CC2)nc(OC)c1NC(=O)c1ccco1. The number of hydrogen-bond donors (Lipinski definition) is 2. The van der Waals surface area contributed by atoms with E-state index in [4.69, 9.17) is 13.9 Å². The average Bonchev–Trinajstić information content (AvgIpc) is 3.28. The summed E-state index contributed by atoms with van der Waals surface area (Å²) in [6.45, 7) is 6.15. The fourth-order valence-corrected chi connectivity index (χ4v) is 3.06. The number of amides is 1. The minimum Gasteiger partial charge on any atom is -0.479 e. The summed E-state index contributed by atoms with van der Waals surface area (Å²) in [4.78, 5) is 25.8. The van der Waals surface area contributed by atoms with Crippen molar-refractivity contribution in [1.82, 2.24) is 19.8 Å². The van der Waals surface area contributed by atoms with Gasteiger partial charge in [0.15, 0.2) is 11.4 Å². The molecule has 10 nitrogen and oxygen atoms in total. The number of aromatic nitrogens is 2. The van der Waals surface area contributed by atoms with Crippen LogP contribution < -0.4 is 20.1 Å². The number of carbonyl (C=O) groups is 1. The Bertz CT molecular complexity index is 765. The van der Waals surface area contributed by atoms with Crippen molar-refractivity contribution in [3.05, 3.63) is 24.2 Å². The third-order valence-electron chi connectivity index (χ3n) is 4.74. The Kier molecular flexibility index (Phi) is 7.25. The number of carbonyl (C=O) groups excluding carboxylic acids is 1. The average molecular weight is 404 g/mol. The zero-order valence-corrected chi connectivity index (χ0v) is 17.1. The quantitative estimate of drug-likeness (QED) is 0.600. The molecule has 2 aromatic heterocycles. The normalized spacial score (nSPS) is 15.1. The molecule has 1 amide bonds. The fourth-order valence-electron chi connectivity index (χ4n) is 3.06. The van der Waals surface area contributed by atoms with E-state index in [1.54, 1.807) is 12.1 Å². The van der Waals surface area contributed by atoms with E-state index in [0.717, 1.165) is 45.7 Å². The van der Waals surface area contributed by atoms with Crippen LogP contribution in [0.4, 0.5) is 11.6 Å². The lowest BCUT2D eigenvalue weighted by Crippen LogP contribution is -2.44. The lowest BCUT2D eigenvalue weighted by molar-refractivity contribution is 0.0995. The molecule has 0 atom stereocenters. The van der Waals surface area contributed by atoms with Gasteiger partial charge in [-0.3, -0.25) is 4.79 Å². The van der Waals surface area contributed by atoms with Gasteiger partial charge in [0.1, 0.15) is 0 Å². The minimum absolute atomic E-state index is 0.167. The molecule has 0 spiro atoms. The molecule has 2 N–H and O–H groups in total. The molecule has 10 heteroatoms. The second kappa shape index (κ2) is 10.1. The topological polar surface area (TPSA) is 105 Å². The Morgan fingerprint density at radius 1 is 1.17 bits per heavy atom. The molecule has 29 heavy (non-hydrogen) atoms. The second-order valence-corrected chi connectivity index (χ2v) is 6.80. The molecule has 0 bridgehead atoms. The maximum atomic E-state index is 12.3. The summed E-state index contributed by atoms with van der Waals surface area (Å²) in [6, 6.07) is 3.19. The third-order valence-corrected chi connectivity index (χ3v) is 4.74. The first-order valence-corrected chi connectivity index (χ1v) is 9.60. The first kappa shape index (κ1) is 20.9. The predicted molar refractivity (Wildman–Crippen MR) is 109 cm³/mol. The zero-order valence-electron chi connectivity index (χ0n) is 17.1. The van der Waals surface area contributed by atoms with E-state index in [2.05, 4.69) is 37.4 Å². The Balaban J connectivity index is 1.59. The Morgan fingerprint density at radius 3 is 2.45 bits per heavy atom. The van der Waals surface area contributed by atoms with Gasteiger partial charge < -0.3 is 34.3 Å². The maximum absolute atomic E-state index is 12.3. The third kappa shape index (κ3) is 5.58. The first-order valence-electron chi connectivity index (χ1n) is 9.60. The summed E-state index contributed by atoms with van der Waals surface area (Å²) in [5, 5.41) is 5.88. The molecule has 1 saturated heterocycles. The number of likely N-dealkylation sites (N-methyl/N-ethyl adjacent to an activating group) is 1. The van der Waals surface area contributed by atoms with Gasteiger partial charge in [-0.05, 0) is 32.1 Å². The van der Waals surface area contributed by atoms with Gasteiger partial charge in [0.2, 0.25) is 17.7 Å². The predicted octanol–water partition coefficient (Wildman–Crippen LogP) is 1.39. The van der Waals surface area contributed by atoms with Crippen molar-refractivity contribution in [2.24, 2.45) is 0 Å². The van der Waals surface area contributed by atoms with Crippen molar-refractivity contribution < 1.29 is 18.7 Å². The zero-order chi connectivity index (χ0) is 20.6. The van der Waals surface area contributed by atoms with Crippen molar-refractivity contribution in [2.45, 2.75) is 6.42 Å². The van der Waals surface area contributed by atoms with E-state index >= 15 is 0 Å². The maximum Gasteiger partial charge on any atom is 0.291 e. The van der Waals surface area contributed by atoms with Crippen LogP contribution >= 0.6 is 0 Å². The Labute approximate surface area is 170 Å². The summed E-state index contributed by atoms with van der Waals surface area (Å²) in [6.07, 6.45) is 2.39. The highest BCUT2D eigenvalue weighted by Crippen LogP contribution is 2.32. The van der Waals surface area contributed by atoms with E-state index in [1.165, 1.54) is 20.5 Å². The molecule has 3 heterocycles. The van der Waals surface area contributed by atoms with Crippen LogP contribution in [0, 0.1) is 0 Å². The van der Waals surface area contributed by atoms with Crippen LogP contribution in [0.2, 0.25) is 0 Å². The fraction of sp³-hybridized carbons (Fsp3) is 0.526. The molecule has 0 radical (unpaired) electrons. The van der Waals surface area contributed by atoms with E-state index in [-0.39, 0.29) is 23.2 Å². The van der Waals surface area contributed by atoms with Crippen LogP contribution in [0.3, 0.4) is 0 Å². The standard InChI is InChI=1S/C19H28N6O4/c1-24-9-11-25(12-10-24)8-5-7-20-19-22-17(27-2)15(18(23-19)28-3)21-16(26)14-6-4-13-29-14/h4,6,13H,5,7-12H2,1-3H3,(H,21,26)(H,20,22,23). The van der Waals surface area contributed by atoms with E-state index in [0.29, 0.717) is 5.95 Å².